The molecule has 90 valence electrons. The largest absolute Gasteiger partial charge is 0.469 e. The second-order valence-corrected chi connectivity index (χ2v) is 5.46. The molecule has 1 heterocycles. The zero-order valence-electron chi connectivity index (χ0n) is 10.3. The normalized spacial score (nSPS) is 11.8. The van der Waals surface area contributed by atoms with Crippen LogP contribution < -0.4 is 0 Å². The lowest BCUT2D eigenvalue weighted by molar-refractivity contribution is -0.151. The lowest BCUT2D eigenvalue weighted by Crippen LogP contribution is -2.37. The first kappa shape index (κ1) is 13.2. The molecule has 0 saturated carbocycles. The van der Waals surface area contributed by atoms with Crippen LogP contribution in [0.2, 0.25) is 0 Å². The zero-order chi connectivity index (χ0) is 12.2. The summed E-state index contributed by atoms with van der Waals surface area (Å²) in [5, 5.41) is 4.19. The summed E-state index contributed by atoms with van der Waals surface area (Å²) >= 11 is 1.69. The van der Waals surface area contributed by atoms with Crippen molar-refractivity contribution >= 4 is 17.3 Å². The average molecular weight is 241 g/mol. The summed E-state index contributed by atoms with van der Waals surface area (Å²) in [6, 6.07) is 2.10. The molecule has 1 aromatic heterocycles. The summed E-state index contributed by atoms with van der Waals surface area (Å²) in [5.41, 5.74) is 0.827. The van der Waals surface area contributed by atoms with Crippen molar-refractivity contribution in [2.75, 3.05) is 20.7 Å². The molecule has 0 aliphatic carbocycles. The Labute approximate surface area is 101 Å². The lowest BCUT2D eigenvalue weighted by atomic mass is 9.93. The third-order valence-corrected chi connectivity index (χ3v) is 3.17. The number of thiophene rings is 1. The van der Waals surface area contributed by atoms with Crippen molar-refractivity contribution in [1.82, 2.24) is 4.90 Å². The molecule has 0 aromatic carbocycles. The summed E-state index contributed by atoms with van der Waals surface area (Å²) in [4.78, 5) is 13.7. The van der Waals surface area contributed by atoms with Gasteiger partial charge < -0.3 is 9.64 Å². The van der Waals surface area contributed by atoms with Crippen LogP contribution in [0.5, 0.6) is 0 Å². The van der Waals surface area contributed by atoms with Crippen molar-refractivity contribution in [1.29, 1.82) is 0 Å². The van der Waals surface area contributed by atoms with E-state index in [9.17, 15) is 4.79 Å². The molecule has 0 fully saturated rings. The van der Waals surface area contributed by atoms with Crippen LogP contribution in [-0.4, -0.2) is 31.6 Å². The number of hydrogen-bond donors (Lipinski definition) is 0. The summed E-state index contributed by atoms with van der Waals surface area (Å²) < 4.78 is 4.79. The fourth-order valence-electron chi connectivity index (χ4n) is 1.77. The quantitative estimate of drug-likeness (QED) is 0.741. The first-order valence-corrected chi connectivity index (χ1v) is 6.18. The van der Waals surface area contributed by atoms with E-state index in [4.69, 9.17) is 4.74 Å². The smallest absolute Gasteiger partial charge is 0.312 e. The predicted molar refractivity (Wildman–Crippen MR) is 66.5 cm³/mol. The molecule has 1 rings (SSSR count). The average Bonchev–Trinajstić information content (AvgIpc) is 2.67. The van der Waals surface area contributed by atoms with Crippen LogP contribution in [0, 0.1) is 5.41 Å². The van der Waals surface area contributed by atoms with E-state index in [0.717, 1.165) is 6.54 Å². The first-order chi connectivity index (χ1) is 7.45. The van der Waals surface area contributed by atoms with Crippen LogP contribution in [0.3, 0.4) is 0 Å². The second kappa shape index (κ2) is 5.46. The van der Waals surface area contributed by atoms with Crippen molar-refractivity contribution < 1.29 is 9.53 Å². The van der Waals surface area contributed by atoms with Crippen molar-refractivity contribution in [2.24, 2.45) is 5.41 Å². The van der Waals surface area contributed by atoms with E-state index >= 15 is 0 Å². The van der Waals surface area contributed by atoms with Gasteiger partial charge in [-0.2, -0.15) is 11.3 Å². The minimum absolute atomic E-state index is 0.162. The number of rotatable bonds is 5. The molecule has 1 aromatic rings. The summed E-state index contributed by atoms with van der Waals surface area (Å²) in [5.74, 6) is -0.162. The predicted octanol–water partition coefficient (Wildman–Crippen LogP) is 2.38. The fraction of sp³-hybridized carbons (Fsp3) is 0.583. The SMILES string of the molecule is COC(=O)C(C)(C)CN(C)Cc1ccsc1. The van der Waals surface area contributed by atoms with Gasteiger partial charge in [-0.3, -0.25) is 4.79 Å². The number of esters is 1. The van der Waals surface area contributed by atoms with Crippen molar-refractivity contribution in [3.05, 3.63) is 22.4 Å². The van der Waals surface area contributed by atoms with Gasteiger partial charge >= 0.3 is 5.97 Å². The van der Waals surface area contributed by atoms with Gasteiger partial charge in [0.25, 0.3) is 0 Å². The maximum absolute atomic E-state index is 11.5. The highest BCUT2D eigenvalue weighted by atomic mass is 32.1. The van der Waals surface area contributed by atoms with E-state index in [0.29, 0.717) is 6.54 Å². The molecule has 4 heteroatoms. The van der Waals surface area contributed by atoms with Crippen LogP contribution in [-0.2, 0) is 16.1 Å². The standard InChI is InChI=1S/C12H19NO2S/c1-12(2,11(14)15-4)9-13(3)7-10-5-6-16-8-10/h5-6,8H,7,9H2,1-4H3. The third kappa shape index (κ3) is 3.61. The Morgan fingerprint density at radius 3 is 2.75 bits per heavy atom. The molecule has 0 bridgehead atoms. The highest BCUT2D eigenvalue weighted by molar-refractivity contribution is 7.07. The van der Waals surface area contributed by atoms with Gasteiger partial charge in [-0.25, -0.2) is 0 Å². The fourth-order valence-corrected chi connectivity index (χ4v) is 2.43. The van der Waals surface area contributed by atoms with Crippen molar-refractivity contribution in [3.63, 3.8) is 0 Å². The molecule has 16 heavy (non-hydrogen) atoms. The maximum atomic E-state index is 11.5. The van der Waals surface area contributed by atoms with E-state index in [2.05, 4.69) is 21.7 Å². The topological polar surface area (TPSA) is 29.5 Å². The summed E-state index contributed by atoms with van der Waals surface area (Å²) in [6.45, 7) is 5.37. The van der Waals surface area contributed by atoms with Gasteiger partial charge in [0.2, 0.25) is 0 Å². The Hall–Kier alpha value is -0.870. The van der Waals surface area contributed by atoms with Crippen molar-refractivity contribution in [2.45, 2.75) is 20.4 Å². The molecule has 0 radical (unpaired) electrons. The minimum Gasteiger partial charge on any atom is -0.469 e. The zero-order valence-corrected chi connectivity index (χ0v) is 11.1. The Morgan fingerprint density at radius 2 is 2.25 bits per heavy atom. The molecular weight excluding hydrogens is 222 g/mol. The van der Waals surface area contributed by atoms with Gasteiger partial charge in [0.05, 0.1) is 12.5 Å². The number of carbonyl (C=O) groups excluding carboxylic acids is 1. The summed E-state index contributed by atoms with van der Waals surface area (Å²) in [7, 11) is 3.45. The number of carbonyl (C=O) groups is 1. The Kier molecular flexibility index (Phi) is 4.50. The van der Waals surface area contributed by atoms with Crippen molar-refractivity contribution in [3.8, 4) is 0 Å². The highest BCUT2D eigenvalue weighted by Gasteiger charge is 2.29. The van der Waals surface area contributed by atoms with Gasteiger partial charge in [-0.1, -0.05) is 0 Å². The van der Waals surface area contributed by atoms with Crippen LogP contribution in [0.25, 0.3) is 0 Å². The van der Waals surface area contributed by atoms with Crippen LogP contribution in [0.1, 0.15) is 19.4 Å². The Bertz CT molecular complexity index is 333. The molecule has 0 amide bonds. The monoisotopic (exact) mass is 241 g/mol. The third-order valence-electron chi connectivity index (χ3n) is 2.44. The lowest BCUT2D eigenvalue weighted by Gasteiger charge is -2.27. The number of nitrogens with zero attached hydrogens (tertiary/aromatic N) is 1. The maximum Gasteiger partial charge on any atom is 0.312 e. The van der Waals surface area contributed by atoms with E-state index in [1.54, 1.807) is 11.3 Å². The van der Waals surface area contributed by atoms with E-state index < -0.39 is 5.41 Å². The molecule has 0 spiro atoms. The molecule has 0 unspecified atom stereocenters. The van der Waals surface area contributed by atoms with E-state index in [1.165, 1.54) is 12.7 Å². The Morgan fingerprint density at radius 1 is 1.56 bits per heavy atom. The van der Waals surface area contributed by atoms with Crippen LogP contribution >= 0.6 is 11.3 Å². The molecular formula is C12H19NO2S. The molecule has 0 aliphatic heterocycles. The van der Waals surface area contributed by atoms with Crippen LogP contribution in [0.15, 0.2) is 16.8 Å². The number of ether oxygens (including phenoxy) is 1. The molecule has 0 aliphatic rings. The van der Waals surface area contributed by atoms with Gasteiger partial charge in [-0.15, -0.1) is 0 Å². The van der Waals surface area contributed by atoms with E-state index in [1.807, 2.05) is 20.9 Å². The van der Waals surface area contributed by atoms with Gasteiger partial charge in [0, 0.05) is 13.1 Å². The van der Waals surface area contributed by atoms with Crippen LogP contribution in [0.4, 0.5) is 0 Å². The highest BCUT2D eigenvalue weighted by Crippen LogP contribution is 2.19. The van der Waals surface area contributed by atoms with E-state index in [-0.39, 0.29) is 5.97 Å². The summed E-state index contributed by atoms with van der Waals surface area (Å²) in [6.07, 6.45) is 0. The molecule has 0 N–H and O–H groups in total. The molecule has 3 nitrogen and oxygen atoms in total. The number of methoxy groups -OCH3 is 1. The Balaban J connectivity index is 2.50. The first-order valence-electron chi connectivity index (χ1n) is 5.24. The van der Waals surface area contributed by atoms with Gasteiger partial charge in [0.1, 0.15) is 0 Å². The number of hydrogen-bond acceptors (Lipinski definition) is 4. The molecule has 0 saturated heterocycles. The van der Waals surface area contributed by atoms with Gasteiger partial charge in [-0.05, 0) is 43.3 Å². The molecule has 0 atom stereocenters. The second-order valence-electron chi connectivity index (χ2n) is 4.68. The van der Waals surface area contributed by atoms with Gasteiger partial charge in [0.15, 0.2) is 0 Å². The minimum atomic E-state index is -0.459.